The Bertz CT molecular complexity index is 1200. The molecule has 0 bridgehead atoms. The van der Waals surface area contributed by atoms with Gasteiger partial charge in [0, 0.05) is 30.2 Å². The maximum absolute atomic E-state index is 12.0. The Morgan fingerprint density at radius 2 is 1.18 bits per heavy atom. The molecule has 0 aliphatic carbocycles. The fourth-order valence-corrected chi connectivity index (χ4v) is 4.67. The maximum atomic E-state index is 12.0. The summed E-state index contributed by atoms with van der Waals surface area (Å²) in [5.74, 6) is -0.786. The second-order valence-corrected chi connectivity index (χ2v) is 10.5. The lowest BCUT2D eigenvalue weighted by Crippen LogP contribution is -2.00. The summed E-state index contributed by atoms with van der Waals surface area (Å²) >= 11 is 0. The third kappa shape index (κ3) is 12.6. The number of hydrogen-bond donors (Lipinski definition) is 4. The van der Waals surface area contributed by atoms with E-state index in [4.69, 9.17) is 9.52 Å². The third-order valence-corrected chi connectivity index (χ3v) is 6.94. The molecule has 220 valence electrons. The largest absolute Gasteiger partial charge is 0.508 e. The van der Waals surface area contributed by atoms with Gasteiger partial charge in [0.15, 0.2) is 5.43 Å². The van der Waals surface area contributed by atoms with Gasteiger partial charge in [0.2, 0.25) is 0 Å². The molecule has 0 radical (unpaired) electrons. The van der Waals surface area contributed by atoms with E-state index in [2.05, 4.69) is 6.92 Å². The highest BCUT2D eigenvalue weighted by molar-refractivity contribution is 5.86. The van der Waals surface area contributed by atoms with Crippen LogP contribution in [0.25, 0.3) is 22.3 Å². The second kappa shape index (κ2) is 18.7. The molecule has 7 heteroatoms. The highest BCUT2D eigenvalue weighted by atomic mass is 16.4. The number of unbranched alkanes of at least 4 members (excludes halogenated alkanes) is 14. The zero-order chi connectivity index (χ0) is 29.2. The molecule has 0 saturated carbocycles. The van der Waals surface area contributed by atoms with Crippen LogP contribution in [0.1, 0.15) is 110 Å². The lowest BCUT2D eigenvalue weighted by Gasteiger charge is -2.05. The summed E-state index contributed by atoms with van der Waals surface area (Å²) < 4.78 is 5.53. The standard InChI is InChI=1S/C18H36O2.C15H10O5/c1-2-3-4-5-6-7-8-9-10-11-12-13-14-15-16-17-18(19)20;16-9-3-1-8(2-4-9)13-7-12(19)15-11(18)5-10(17)6-14(15)20-13/h2-17H2,1H3,(H,19,20);1-7,16-18H. The average molecular weight is 555 g/mol. The number of aliphatic carboxylic acids is 1. The van der Waals surface area contributed by atoms with Crippen molar-refractivity contribution in [2.45, 2.75) is 110 Å². The first-order chi connectivity index (χ1) is 19.3. The molecule has 0 atom stereocenters. The molecule has 0 unspecified atom stereocenters. The first-order valence-corrected chi connectivity index (χ1v) is 14.8. The molecule has 0 aliphatic heterocycles. The van der Waals surface area contributed by atoms with E-state index >= 15 is 0 Å². The number of hydrogen-bond acceptors (Lipinski definition) is 6. The molecule has 0 amide bonds. The monoisotopic (exact) mass is 554 g/mol. The van der Waals surface area contributed by atoms with Crippen LogP contribution in [0.2, 0.25) is 0 Å². The van der Waals surface area contributed by atoms with Crippen LogP contribution in [0, 0.1) is 0 Å². The Labute approximate surface area is 237 Å². The van der Waals surface area contributed by atoms with Gasteiger partial charge in [0.05, 0.1) is 0 Å². The summed E-state index contributed by atoms with van der Waals surface area (Å²) in [4.78, 5) is 22.4. The van der Waals surface area contributed by atoms with Crippen molar-refractivity contribution in [1.29, 1.82) is 0 Å². The van der Waals surface area contributed by atoms with E-state index in [0.29, 0.717) is 12.0 Å². The normalized spacial score (nSPS) is 10.8. The van der Waals surface area contributed by atoms with E-state index in [9.17, 15) is 24.9 Å². The molecule has 4 N–H and O–H groups in total. The number of phenols is 3. The first kappa shape index (κ1) is 32.7. The topological polar surface area (TPSA) is 128 Å². The molecular weight excluding hydrogens is 508 g/mol. The van der Waals surface area contributed by atoms with Gasteiger partial charge in [-0.2, -0.15) is 0 Å². The highest BCUT2D eigenvalue weighted by Gasteiger charge is 2.12. The smallest absolute Gasteiger partial charge is 0.303 e. The number of carbonyl (C=O) groups is 1. The molecule has 1 aromatic heterocycles. The van der Waals surface area contributed by atoms with Crippen molar-refractivity contribution < 1.29 is 29.6 Å². The predicted octanol–water partition coefficient (Wildman–Crippen LogP) is 8.91. The lowest BCUT2D eigenvalue weighted by atomic mass is 10.0. The Morgan fingerprint density at radius 1 is 0.675 bits per heavy atom. The fraction of sp³-hybridized carbons (Fsp3) is 0.515. The average Bonchev–Trinajstić information content (AvgIpc) is 2.91. The van der Waals surface area contributed by atoms with Crippen LogP contribution in [0.4, 0.5) is 0 Å². The molecular formula is C33H46O7. The van der Waals surface area contributed by atoms with Gasteiger partial charge in [-0.25, -0.2) is 0 Å². The summed E-state index contributed by atoms with van der Waals surface area (Å²) in [6, 6.07) is 9.74. The molecule has 3 rings (SSSR count). The number of carboxylic acid groups (broad SMARTS) is 1. The van der Waals surface area contributed by atoms with Crippen molar-refractivity contribution in [3.05, 3.63) is 52.7 Å². The van der Waals surface area contributed by atoms with Crippen molar-refractivity contribution in [1.82, 2.24) is 0 Å². The van der Waals surface area contributed by atoms with Crippen molar-refractivity contribution >= 4 is 16.9 Å². The van der Waals surface area contributed by atoms with Gasteiger partial charge in [-0.3, -0.25) is 9.59 Å². The van der Waals surface area contributed by atoms with Crippen molar-refractivity contribution in [2.75, 3.05) is 0 Å². The van der Waals surface area contributed by atoms with Crippen molar-refractivity contribution in [3.8, 4) is 28.6 Å². The SMILES string of the molecule is CCCCCCCCCCCCCCCCCC(=O)O.O=c1cc(-c2ccc(O)cc2)oc2cc(O)cc(O)c12. The minimum atomic E-state index is -0.653. The Morgan fingerprint density at radius 3 is 1.68 bits per heavy atom. The van der Waals surface area contributed by atoms with E-state index in [1.165, 1.54) is 108 Å². The molecule has 1 heterocycles. The quantitative estimate of drug-likeness (QED) is 0.123. The highest BCUT2D eigenvalue weighted by Crippen LogP contribution is 2.30. The summed E-state index contributed by atoms with van der Waals surface area (Å²) in [6.45, 7) is 2.27. The number of phenolic OH excluding ortho intramolecular Hbond substituents is 3. The van der Waals surface area contributed by atoms with Gasteiger partial charge in [-0.05, 0) is 30.7 Å². The Kier molecular flexibility index (Phi) is 15.3. The lowest BCUT2D eigenvalue weighted by molar-refractivity contribution is -0.137. The van der Waals surface area contributed by atoms with Gasteiger partial charge in [-0.15, -0.1) is 0 Å². The van der Waals surface area contributed by atoms with Crippen LogP contribution in [-0.4, -0.2) is 26.4 Å². The van der Waals surface area contributed by atoms with Gasteiger partial charge in [0.25, 0.3) is 0 Å². The maximum Gasteiger partial charge on any atom is 0.303 e. The predicted molar refractivity (Wildman–Crippen MR) is 160 cm³/mol. The number of aromatic hydroxyl groups is 3. The van der Waals surface area contributed by atoms with Crippen LogP contribution < -0.4 is 5.43 Å². The number of benzene rings is 2. The molecule has 3 aromatic rings. The van der Waals surface area contributed by atoms with E-state index < -0.39 is 11.4 Å². The molecule has 40 heavy (non-hydrogen) atoms. The molecule has 0 saturated heterocycles. The number of carboxylic acids is 1. The van der Waals surface area contributed by atoms with Crippen LogP contribution in [-0.2, 0) is 4.79 Å². The zero-order valence-electron chi connectivity index (χ0n) is 23.9. The summed E-state index contributed by atoms with van der Waals surface area (Å²) in [5, 5.41) is 36.9. The summed E-state index contributed by atoms with van der Waals surface area (Å²) in [6.07, 6.45) is 20.2. The van der Waals surface area contributed by atoms with Gasteiger partial charge < -0.3 is 24.8 Å². The molecule has 2 aromatic carbocycles. The fourth-order valence-electron chi connectivity index (χ4n) is 4.67. The van der Waals surface area contributed by atoms with Crippen LogP contribution in [0.15, 0.2) is 51.7 Å². The number of rotatable bonds is 17. The second-order valence-electron chi connectivity index (χ2n) is 10.5. The van der Waals surface area contributed by atoms with Crippen LogP contribution in [0.5, 0.6) is 17.2 Å². The van der Waals surface area contributed by atoms with E-state index in [1.807, 2.05) is 0 Å². The van der Waals surface area contributed by atoms with Crippen molar-refractivity contribution in [2.24, 2.45) is 0 Å². The van der Waals surface area contributed by atoms with E-state index in [0.717, 1.165) is 18.9 Å². The van der Waals surface area contributed by atoms with E-state index in [-0.39, 0.29) is 34.0 Å². The first-order valence-electron chi connectivity index (χ1n) is 14.8. The summed E-state index contributed by atoms with van der Waals surface area (Å²) in [5.41, 5.74) is 0.287. The van der Waals surface area contributed by atoms with Gasteiger partial charge >= 0.3 is 5.97 Å². The van der Waals surface area contributed by atoms with Gasteiger partial charge in [-0.1, -0.05) is 96.8 Å². The van der Waals surface area contributed by atoms with Gasteiger partial charge in [0.1, 0.15) is 34.0 Å². The Balaban J connectivity index is 0.000000280. The van der Waals surface area contributed by atoms with Crippen LogP contribution in [0.3, 0.4) is 0 Å². The zero-order valence-corrected chi connectivity index (χ0v) is 23.9. The molecule has 7 nitrogen and oxygen atoms in total. The summed E-state index contributed by atoms with van der Waals surface area (Å²) in [7, 11) is 0. The molecule has 0 fully saturated rings. The van der Waals surface area contributed by atoms with Crippen molar-refractivity contribution in [3.63, 3.8) is 0 Å². The molecule has 0 spiro atoms. The van der Waals surface area contributed by atoms with E-state index in [1.54, 1.807) is 12.1 Å². The third-order valence-electron chi connectivity index (χ3n) is 6.94. The minimum absolute atomic E-state index is 0.0188. The molecule has 0 aliphatic rings. The van der Waals surface area contributed by atoms with Crippen LogP contribution >= 0.6 is 0 Å². The minimum Gasteiger partial charge on any atom is -0.508 e. The Hall–Kier alpha value is -3.48. The number of fused-ring (bicyclic) bond motifs is 1.